The van der Waals surface area contributed by atoms with Gasteiger partial charge in [-0.05, 0) is 65.2 Å². The molecule has 24 heavy (non-hydrogen) atoms. The van der Waals surface area contributed by atoms with Crippen LogP contribution in [0.5, 0.6) is 0 Å². The number of furan rings is 1. The van der Waals surface area contributed by atoms with E-state index in [9.17, 15) is 9.59 Å². The van der Waals surface area contributed by atoms with Crippen molar-refractivity contribution in [2.45, 2.75) is 12.8 Å². The van der Waals surface area contributed by atoms with Gasteiger partial charge >= 0.3 is 0 Å². The Bertz CT molecular complexity index is 721. The number of hydrogen-bond donors (Lipinski definition) is 2. The SMILES string of the molecule is O=C(CNC(=O)c1ccc(Br)o1)Nc1ccc(N2CCCC2)cc1. The zero-order valence-corrected chi connectivity index (χ0v) is 14.6. The number of benzene rings is 1. The molecule has 0 atom stereocenters. The topological polar surface area (TPSA) is 74.6 Å². The number of nitrogens with zero attached hydrogens (tertiary/aromatic N) is 1. The maximum atomic E-state index is 11.9. The summed E-state index contributed by atoms with van der Waals surface area (Å²) in [5.74, 6) is -0.562. The number of amides is 2. The van der Waals surface area contributed by atoms with E-state index in [1.165, 1.54) is 24.6 Å². The molecule has 7 heteroatoms. The number of nitrogens with one attached hydrogen (secondary N) is 2. The van der Waals surface area contributed by atoms with Gasteiger partial charge in [0.15, 0.2) is 10.4 Å². The van der Waals surface area contributed by atoms with Crippen molar-refractivity contribution in [3.63, 3.8) is 0 Å². The second-order valence-corrected chi connectivity index (χ2v) is 6.36. The van der Waals surface area contributed by atoms with Gasteiger partial charge in [0.25, 0.3) is 5.91 Å². The van der Waals surface area contributed by atoms with Crippen molar-refractivity contribution in [3.8, 4) is 0 Å². The molecule has 2 aromatic rings. The highest BCUT2D eigenvalue weighted by atomic mass is 79.9. The molecular weight excluding hydrogens is 374 g/mol. The quantitative estimate of drug-likeness (QED) is 0.821. The number of carbonyl (C=O) groups is 2. The summed E-state index contributed by atoms with van der Waals surface area (Å²) >= 11 is 3.13. The molecular formula is C17H18BrN3O3. The number of carbonyl (C=O) groups excluding carboxylic acids is 2. The van der Waals surface area contributed by atoms with Crippen molar-refractivity contribution >= 4 is 39.1 Å². The molecule has 2 amide bonds. The predicted octanol–water partition coefficient (Wildman–Crippen LogP) is 3.01. The number of hydrogen-bond acceptors (Lipinski definition) is 4. The molecule has 0 unspecified atom stereocenters. The van der Waals surface area contributed by atoms with Crippen molar-refractivity contribution in [2.75, 3.05) is 29.9 Å². The Morgan fingerprint density at radius 3 is 2.42 bits per heavy atom. The monoisotopic (exact) mass is 391 g/mol. The van der Waals surface area contributed by atoms with Crippen LogP contribution in [0.25, 0.3) is 0 Å². The van der Waals surface area contributed by atoms with E-state index < -0.39 is 5.91 Å². The summed E-state index contributed by atoms with van der Waals surface area (Å²) in [6, 6.07) is 10.9. The molecule has 1 aromatic heterocycles. The standard InChI is InChI=1S/C17H18BrN3O3/c18-15-8-7-14(24-15)17(23)19-11-16(22)20-12-3-5-13(6-4-12)21-9-1-2-10-21/h3-8H,1-2,9-11H2,(H,19,23)(H,20,22). The summed E-state index contributed by atoms with van der Waals surface area (Å²) in [7, 11) is 0. The van der Waals surface area contributed by atoms with Crippen LogP contribution in [-0.4, -0.2) is 31.4 Å². The van der Waals surface area contributed by atoms with Crippen molar-refractivity contribution in [2.24, 2.45) is 0 Å². The van der Waals surface area contributed by atoms with E-state index in [1.807, 2.05) is 24.3 Å². The Morgan fingerprint density at radius 1 is 1.08 bits per heavy atom. The van der Waals surface area contributed by atoms with Crippen molar-refractivity contribution < 1.29 is 14.0 Å². The molecule has 3 rings (SSSR count). The highest BCUT2D eigenvalue weighted by Crippen LogP contribution is 2.22. The first kappa shape index (κ1) is 16.6. The van der Waals surface area contributed by atoms with Crippen LogP contribution >= 0.6 is 15.9 Å². The van der Waals surface area contributed by atoms with Crippen molar-refractivity contribution in [3.05, 3.63) is 46.8 Å². The molecule has 0 bridgehead atoms. The Hall–Kier alpha value is -2.28. The first-order valence-electron chi connectivity index (χ1n) is 7.80. The van der Waals surface area contributed by atoms with Crippen LogP contribution in [0.3, 0.4) is 0 Å². The van der Waals surface area contributed by atoms with Gasteiger partial charge in [0.2, 0.25) is 5.91 Å². The molecule has 6 nitrogen and oxygen atoms in total. The Labute approximate surface area is 148 Å². The zero-order chi connectivity index (χ0) is 16.9. The minimum Gasteiger partial charge on any atom is -0.444 e. The van der Waals surface area contributed by atoms with Crippen LogP contribution < -0.4 is 15.5 Å². The molecule has 0 spiro atoms. The minimum absolute atomic E-state index is 0.120. The Kier molecular flexibility index (Phi) is 5.20. The van der Waals surface area contributed by atoms with E-state index in [-0.39, 0.29) is 18.2 Å². The fraction of sp³-hybridized carbons (Fsp3) is 0.294. The summed E-state index contributed by atoms with van der Waals surface area (Å²) in [5, 5.41) is 5.27. The lowest BCUT2D eigenvalue weighted by molar-refractivity contribution is -0.115. The van der Waals surface area contributed by atoms with E-state index in [1.54, 1.807) is 6.07 Å². The minimum atomic E-state index is -0.430. The van der Waals surface area contributed by atoms with Gasteiger partial charge in [0, 0.05) is 24.5 Å². The summed E-state index contributed by atoms with van der Waals surface area (Å²) in [6.45, 7) is 2.05. The largest absolute Gasteiger partial charge is 0.444 e. The van der Waals surface area contributed by atoms with Crippen LogP contribution in [0, 0.1) is 0 Å². The number of anilines is 2. The number of rotatable bonds is 5. The average Bonchev–Trinajstić information content (AvgIpc) is 3.25. The second-order valence-electron chi connectivity index (χ2n) is 5.58. The third-order valence-corrected chi connectivity index (χ3v) is 4.25. The second kappa shape index (κ2) is 7.53. The van der Waals surface area contributed by atoms with Crippen LogP contribution in [0.1, 0.15) is 23.4 Å². The van der Waals surface area contributed by atoms with Gasteiger partial charge in [0.05, 0.1) is 6.54 Å². The first-order valence-corrected chi connectivity index (χ1v) is 8.59. The Balaban J connectivity index is 1.48. The molecule has 126 valence electrons. The van der Waals surface area contributed by atoms with Gasteiger partial charge in [-0.2, -0.15) is 0 Å². The first-order chi connectivity index (χ1) is 11.6. The van der Waals surface area contributed by atoms with Crippen LogP contribution in [0.2, 0.25) is 0 Å². The van der Waals surface area contributed by atoms with Gasteiger partial charge in [-0.3, -0.25) is 9.59 Å². The molecule has 1 aliphatic heterocycles. The molecule has 0 radical (unpaired) electrons. The normalized spacial score (nSPS) is 13.8. The molecule has 0 saturated carbocycles. The summed E-state index contributed by atoms with van der Waals surface area (Å²) in [5.41, 5.74) is 1.88. The fourth-order valence-corrected chi connectivity index (χ4v) is 2.93. The molecule has 1 aromatic carbocycles. The highest BCUT2D eigenvalue weighted by Gasteiger charge is 2.13. The van der Waals surface area contributed by atoms with Crippen LogP contribution in [-0.2, 0) is 4.79 Å². The summed E-state index contributed by atoms with van der Waals surface area (Å²) < 4.78 is 5.59. The van der Waals surface area contributed by atoms with Crippen LogP contribution in [0.4, 0.5) is 11.4 Å². The van der Waals surface area contributed by atoms with Crippen LogP contribution in [0.15, 0.2) is 45.5 Å². The number of halogens is 1. The molecule has 2 heterocycles. The van der Waals surface area contributed by atoms with Gasteiger partial charge < -0.3 is 20.0 Å². The summed E-state index contributed by atoms with van der Waals surface area (Å²) in [6.07, 6.45) is 2.45. The highest BCUT2D eigenvalue weighted by molar-refractivity contribution is 9.10. The lowest BCUT2D eigenvalue weighted by Gasteiger charge is -2.17. The average molecular weight is 392 g/mol. The Morgan fingerprint density at radius 2 is 1.79 bits per heavy atom. The van der Waals surface area contributed by atoms with E-state index in [4.69, 9.17) is 4.42 Å². The lowest BCUT2D eigenvalue weighted by Crippen LogP contribution is -2.32. The molecule has 1 saturated heterocycles. The third kappa shape index (κ3) is 4.17. The smallest absolute Gasteiger partial charge is 0.287 e. The zero-order valence-electron chi connectivity index (χ0n) is 13.0. The lowest BCUT2D eigenvalue weighted by atomic mass is 10.2. The van der Waals surface area contributed by atoms with E-state index in [0.717, 1.165) is 13.1 Å². The van der Waals surface area contributed by atoms with Crippen molar-refractivity contribution in [1.29, 1.82) is 0 Å². The molecule has 1 fully saturated rings. The van der Waals surface area contributed by atoms with Crippen molar-refractivity contribution in [1.82, 2.24) is 5.32 Å². The predicted molar refractivity (Wildman–Crippen MR) is 95.3 cm³/mol. The van der Waals surface area contributed by atoms with Gasteiger partial charge in [0.1, 0.15) is 0 Å². The molecule has 2 N–H and O–H groups in total. The van der Waals surface area contributed by atoms with E-state index in [2.05, 4.69) is 31.5 Å². The maximum absolute atomic E-state index is 11.9. The third-order valence-electron chi connectivity index (χ3n) is 3.83. The maximum Gasteiger partial charge on any atom is 0.287 e. The van der Waals surface area contributed by atoms with Gasteiger partial charge in [-0.25, -0.2) is 0 Å². The summed E-state index contributed by atoms with van der Waals surface area (Å²) in [4.78, 5) is 26.0. The molecule has 0 aliphatic carbocycles. The van der Waals surface area contributed by atoms with E-state index in [0.29, 0.717) is 10.4 Å². The van der Waals surface area contributed by atoms with Gasteiger partial charge in [-0.15, -0.1) is 0 Å². The molecule has 1 aliphatic rings. The fourth-order valence-electron chi connectivity index (χ4n) is 2.62. The van der Waals surface area contributed by atoms with E-state index >= 15 is 0 Å². The van der Waals surface area contributed by atoms with Gasteiger partial charge in [-0.1, -0.05) is 0 Å².